The number of carbonyl (C=O) groups excluding carboxylic acids is 1. The second kappa shape index (κ2) is 6.74. The second-order valence-corrected chi connectivity index (χ2v) is 8.18. The summed E-state index contributed by atoms with van der Waals surface area (Å²) in [5.74, 6) is -1.56. The van der Waals surface area contributed by atoms with Crippen molar-refractivity contribution in [3.05, 3.63) is 71.8 Å². The summed E-state index contributed by atoms with van der Waals surface area (Å²) in [5.41, 5.74) is 1.63. The topological polar surface area (TPSA) is 113 Å². The number of benzene rings is 3. The number of carboxylic acid groups (broad SMARTS) is 1. The number of rotatable bonds is 6. The van der Waals surface area contributed by atoms with Crippen molar-refractivity contribution >= 4 is 38.4 Å². The number of carbonyl (C=O) groups is 2. The molecular formula is C20H16N2O5S. The Bertz CT molecular complexity index is 1210. The van der Waals surface area contributed by atoms with Gasteiger partial charge < -0.3 is 10.4 Å². The highest BCUT2D eigenvalue weighted by Crippen LogP contribution is 2.36. The first-order valence-electron chi connectivity index (χ1n) is 8.53. The molecular weight excluding hydrogens is 380 g/mol. The van der Waals surface area contributed by atoms with E-state index in [1.54, 1.807) is 48.5 Å². The number of aliphatic carboxylic acids is 1. The Morgan fingerprint density at radius 2 is 1.79 bits per heavy atom. The van der Waals surface area contributed by atoms with Crippen molar-refractivity contribution < 1.29 is 23.1 Å². The molecule has 3 N–H and O–H groups in total. The standard InChI is InChI=1S/C20H16N2O5S/c23-19-14-8-4-7-13-17(10-9-15(21-19)18(13)14)28(26,27)22-16(20(24)25)11-12-5-2-1-3-6-12/h1-10,16,22H,11H2,(H,21,23)(H,24,25)/t16-/m1/s1. The maximum absolute atomic E-state index is 13.0. The molecule has 0 unspecified atom stereocenters. The van der Waals surface area contributed by atoms with Gasteiger partial charge in [-0.1, -0.05) is 42.5 Å². The van der Waals surface area contributed by atoms with Crippen LogP contribution in [0.25, 0.3) is 10.8 Å². The van der Waals surface area contributed by atoms with Crippen LogP contribution in [0.2, 0.25) is 0 Å². The van der Waals surface area contributed by atoms with Crippen LogP contribution in [0.15, 0.2) is 65.6 Å². The lowest BCUT2D eigenvalue weighted by Gasteiger charge is -2.16. The lowest BCUT2D eigenvalue weighted by atomic mass is 10.1. The molecule has 3 aromatic carbocycles. The summed E-state index contributed by atoms with van der Waals surface area (Å²) in [4.78, 5) is 23.6. The fraction of sp³-hybridized carbons (Fsp3) is 0.100. The van der Waals surface area contributed by atoms with Crippen molar-refractivity contribution in [2.45, 2.75) is 17.4 Å². The molecule has 0 aromatic heterocycles. The average molecular weight is 396 g/mol. The Hall–Kier alpha value is -3.23. The van der Waals surface area contributed by atoms with Crippen LogP contribution in [0.3, 0.4) is 0 Å². The first kappa shape index (κ1) is 18.1. The zero-order valence-electron chi connectivity index (χ0n) is 14.5. The SMILES string of the molecule is O=C1Nc2ccc(S(=O)(=O)N[C@H](Cc3ccccc3)C(=O)O)c3cccc1c23. The lowest BCUT2D eigenvalue weighted by molar-refractivity contribution is -0.138. The van der Waals surface area contributed by atoms with Crippen LogP contribution in [0.5, 0.6) is 0 Å². The van der Waals surface area contributed by atoms with Gasteiger partial charge in [0.25, 0.3) is 5.91 Å². The van der Waals surface area contributed by atoms with Crippen molar-refractivity contribution in [1.82, 2.24) is 4.72 Å². The predicted octanol–water partition coefficient (Wildman–Crippen LogP) is 2.38. The van der Waals surface area contributed by atoms with Gasteiger partial charge in [-0.3, -0.25) is 9.59 Å². The first-order chi connectivity index (χ1) is 13.4. The zero-order chi connectivity index (χ0) is 19.9. The second-order valence-electron chi connectivity index (χ2n) is 6.50. The van der Waals surface area contributed by atoms with Crippen molar-refractivity contribution in [2.24, 2.45) is 0 Å². The fourth-order valence-corrected chi connectivity index (χ4v) is 4.77. The number of sulfonamides is 1. The third-order valence-corrected chi connectivity index (χ3v) is 6.19. The van der Waals surface area contributed by atoms with E-state index in [-0.39, 0.29) is 17.2 Å². The maximum Gasteiger partial charge on any atom is 0.322 e. The molecule has 0 radical (unpaired) electrons. The van der Waals surface area contributed by atoms with E-state index in [9.17, 15) is 23.1 Å². The molecule has 28 heavy (non-hydrogen) atoms. The summed E-state index contributed by atoms with van der Waals surface area (Å²) >= 11 is 0. The predicted molar refractivity (Wildman–Crippen MR) is 104 cm³/mol. The molecule has 7 nitrogen and oxygen atoms in total. The average Bonchev–Trinajstić information content (AvgIpc) is 2.99. The van der Waals surface area contributed by atoms with E-state index in [0.29, 0.717) is 27.6 Å². The number of carboxylic acids is 1. The molecule has 0 saturated heterocycles. The summed E-state index contributed by atoms with van der Waals surface area (Å²) in [7, 11) is -4.14. The number of nitrogens with one attached hydrogen (secondary N) is 2. The molecule has 0 spiro atoms. The maximum atomic E-state index is 13.0. The van der Waals surface area contributed by atoms with Crippen molar-refractivity contribution in [2.75, 3.05) is 5.32 Å². The molecule has 1 heterocycles. The van der Waals surface area contributed by atoms with Crippen LogP contribution in [0.4, 0.5) is 5.69 Å². The minimum atomic E-state index is -4.14. The summed E-state index contributed by atoms with van der Waals surface area (Å²) in [6.07, 6.45) is 0.0106. The summed E-state index contributed by atoms with van der Waals surface area (Å²) in [6.45, 7) is 0. The largest absolute Gasteiger partial charge is 0.480 e. The molecule has 3 aromatic rings. The van der Waals surface area contributed by atoms with E-state index in [2.05, 4.69) is 10.0 Å². The Kier molecular flexibility index (Phi) is 4.37. The molecule has 142 valence electrons. The summed E-state index contributed by atoms with van der Waals surface area (Å²) in [6, 6.07) is 15.2. The van der Waals surface area contributed by atoms with E-state index in [1.165, 1.54) is 12.1 Å². The van der Waals surface area contributed by atoms with Crippen molar-refractivity contribution in [3.63, 3.8) is 0 Å². The molecule has 1 atom stereocenters. The Morgan fingerprint density at radius 3 is 2.50 bits per heavy atom. The zero-order valence-corrected chi connectivity index (χ0v) is 15.4. The number of anilines is 1. The monoisotopic (exact) mass is 396 g/mol. The van der Waals surface area contributed by atoms with E-state index in [4.69, 9.17) is 0 Å². The number of hydrogen-bond donors (Lipinski definition) is 3. The highest BCUT2D eigenvalue weighted by Gasteiger charge is 2.29. The molecule has 1 aliphatic rings. The van der Waals surface area contributed by atoms with E-state index < -0.39 is 22.0 Å². The molecule has 4 rings (SSSR count). The first-order valence-corrected chi connectivity index (χ1v) is 10.0. The molecule has 0 saturated carbocycles. The van der Waals surface area contributed by atoms with Gasteiger partial charge in [-0.25, -0.2) is 8.42 Å². The molecule has 1 aliphatic heterocycles. The van der Waals surface area contributed by atoms with Gasteiger partial charge in [0.15, 0.2) is 0 Å². The van der Waals surface area contributed by atoms with Gasteiger partial charge in [0.1, 0.15) is 6.04 Å². The molecule has 0 fully saturated rings. The minimum Gasteiger partial charge on any atom is -0.480 e. The highest BCUT2D eigenvalue weighted by molar-refractivity contribution is 7.89. The highest BCUT2D eigenvalue weighted by atomic mass is 32.2. The van der Waals surface area contributed by atoms with Crippen LogP contribution in [-0.2, 0) is 21.2 Å². The van der Waals surface area contributed by atoms with Crippen LogP contribution >= 0.6 is 0 Å². The molecule has 0 bridgehead atoms. The van der Waals surface area contributed by atoms with Crippen LogP contribution in [-0.4, -0.2) is 31.4 Å². The molecule has 1 amide bonds. The van der Waals surface area contributed by atoms with Crippen LogP contribution < -0.4 is 10.0 Å². The van der Waals surface area contributed by atoms with E-state index in [1.807, 2.05) is 0 Å². The van der Waals surface area contributed by atoms with Gasteiger partial charge in [0, 0.05) is 22.0 Å². The minimum absolute atomic E-state index is 0.0106. The summed E-state index contributed by atoms with van der Waals surface area (Å²) < 4.78 is 28.3. The van der Waals surface area contributed by atoms with Gasteiger partial charge in [0.2, 0.25) is 10.0 Å². The lowest BCUT2D eigenvalue weighted by Crippen LogP contribution is -2.42. The molecule has 0 aliphatic carbocycles. The van der Waals surface area contributed by atoms with E-state index >= 15 is 0 Å². The Balaban J connectivity index is 1.73. The van der Waals surface area contributed by atoms with Gasteiger partial charge in [0.05, 0.1) is 4.90 Å². The van der Waals surface area contributed by atoms with Gasteiger partial charge in [-0.15, -0.1) is 0 Å². The van der Waals surface area contributed by atoms with Crippen LogP contribution in [0.1, 0.15) is 15.9 Å². The normalized spacial score (nSPS) is 14.1. The molecule has 8 heteroatoms. The van der Waals surface area contributed by atoms with Crippen LogP contribution in [0, 0.1) is 0 Å². The van der Waals surface area contributed by atoms with E-state index in [0.717, 1.165) is 0 Å². The third kappa shape index (κ3) is 3.12. The van der Waals surface area contributed by atoms with Crippen molar-refractivity contribution in [1.29, 1.82) is 0 Å². The smallest absolute Gasteiger partial charge is 0.322 e. The van der Waals surface area contributed by atoms with Gasteiger partial charge >= 0.3 is 5.97 Å². The van der Waals surface area contributed by atoms with Gasteiger partial charge in [-0.05, 0) is 30.2 Å². The third-order valence-electron chi connectivity index (χ3n) is 4.66. The summed E-state index contributed by atoms with van der Waals surface area (Å²) in [5, 5.41) is 13.1. The number of hydrogen-bond acceptors (Lipinski definition) is 4. The Labute approximate surface area is 161 Å². The Morgan fingerprint density at radius 1 is 1.04 bits per heavy atom. The van der Waals surface area contributed by atoms with Gasteiger partial charge in [-0.2, -0.15) is 4.72 Å². The quantitative estimate of drug-likeness (QED) is 0.592. The van der Waals surface area contributed by atoms with Crippen molar-refractivity contribution in [3.8, 4) is 0 Å². The number of amides is 1. The fourth-order valence-electron chi connectivity index (χ4n) is 3.38.